The molecule has 0 N–H and O–H groups in total. The average molecular weight is 164 g/mol. The monoisotopic (exact) mass is 164 g/mol. The van der Waals surface area contributed by atoms with Crippen LogP contribution in [0.25, 0.3) is 0 Å². The molecule has 12 heavy (non-hydrogen) atoms. The van der Waals surface area contributed by atoms with E-state index in [1.165, 1.54) is 6.42 Å². The van der Waals surface area contributed by atoms with E-state index in [1.54, 1.807) is 19.3 Å². The van der Waals surface area contributed by atoms with Gasteiger partial charge < -0.3 is 0 Å². The minimum Gasteiger partial charge on any atom is -0.0651 e. The van der Waals surface area contributed by atoms with Crippen molar-refractivity contribution >= 4 is 0 Å². The van der Waals surface area contributed by atoms with Gasteiger partial charge >= 0.3 is 0 Å². The first kappa shape index (κ1) is 7.41. The predicted octanol–water partition coefficient (Wildman–Crippen LogP) is 3.47. The standard InChI is InChI=1S/C12H20/c1-4-9-10-5-6-12(10)7-8(2)11(9,12)3/h8-10H,4-7H2,1-3H3. The Morgan fingerprint density at radius 2 is 2.17 bits per heavy atom. The molecule has 3 saturated carbocycles. The van der Waals surface area contributed by atoms with Crippen LogP contribution >= 0.6 is 0 Å². The Labute approximate surface area is 75.7 Å². The van der Waals surface area contributed by atoms with Crippen molar-refractivity contribution in [1.29, 1.82) is 0 Å². The van der Waals surface area contributed by atoms with Gasteiger partial charge in [-0.05, 0) is 47.8 Å². The molecule has 3 aliphatic rings. The zero-order chi connectivity index (χ0) is 8.56. The zero-order valence-electron chi connectivity index (χ0n) is 8.56. The van der Waals surface area contributed by atoms with Crippen LogP contribution in [0.5, 0.6) is 0 Å². The summed E-state index contributed by atoms with van der Waals surface area (Å²) in [6, 6.07) is 0. The predicted molar refractivity (Wildman–Crippen MR) is 50.8 cm³/mol. The molecule has 0 radical (unpaired) electrons. The minimum atomic E-state index is 0.782. The molecular formula is C12H20. The normalized spacial score (nSPS) is 66.8. The maximum Gasteiger partial charge on any atom is -0.0204 e. The second-order valence-electron chi connectivity index (χ2n) is 5.70. The van der Waals surface area contributed by atoms with E-state index in [1.807, 2.05) is 0 Å². The summed E-state index contributed by atoms with van der Waals surface area (Å²) in [7, 11) is 0. The first-order valence-corrected chi connectivity index (χ1v) is 5.67. The van der Waals surface area contributed by atoms with Gasteiger partial charge in [-0.1, -0.05) is 27.2 Å². The highest BCUT2D eigenvalue weighted by molar-refractivity contribution is 5.27. The van der Waals surface area contributed by atoms with Gasteiger partial charge in [0.05, 0.1) is 0 Å². The summed E-state index contributed by atoms with van der Waals surface area (Å²) in [5.74, 6) is 3.28. The van der Waals surface area contributed by atoms with Crippen molar-refractivity contribution in [2.75, 3.05) is 0 Å². The summed E-state index contributed by atoms with van der Waals surface area (Å²) in [6.45, 7) is 7.44. The van der Waals surface area contributed by atoms with Crippen molar-refractivity contribution in [3.8, 4) is 0 Å². The van der Waals surface area contributed by atoms with Gasteiger partial charge in [0.25, 0.3) is 0 Å². The van der Waals surface area contributed by atoms with E-state index >= 15 is 0 Å². The van der Waals surface area contributed by atoms with E-state index in [0.29, 0.717) is 0 Å². The van der Waals surface area contributed by atoms with Gasteiger partial charge in [0, 0.05) is 0 Å². The molecule has 0 heterocycles. The van der Waals surface area contributed by atoms with Crippen LogP contribution in [0.3, 0.4) is 0 Å². The molecule has 0 heteroatoms. The molecular weight excluding hydrogens is 144 g/mol. The number of rotatable bonds is 1. The van der Waals surface area contributed by atoms with Crippen molar-refractivity contribution in [1.82, 2.24) is 0 Å². The lowest BCUT2D eigenvalue weighted by Gasteiger charge is -2.84. The molecule has 0 aromatic heterocycles. The van der Waals surface area contributed by atoms with Crippen LogP contribution in [-0.2, 0) is 0 Å². The molecule has 3 aliphatic carbocycles. The summed E-state index contributed by atoms with van der Waals surface area (Å²) >= 11 is 0. The van der Waals surface area contributed by atoms with Crippen LogP contribution in [-0.4, -0.2) is 0 Å². The lowest BCUT2D eigenvalue weighted by atomic mass is 9.20. The van der Waals surface area contributed by atoms with E-state index in [2.05, 4.69) is 20.8 Å². The lowest BCUT2D eigenvalue weighted by Crippen LogP contribution is -2.78. The Morgan fingerprint density at radius 3 is 2.50 bits per heavy atom. The molecule has 0 amide bonds. The van der Waals surface area contributed by atoms with Crippen LogP contribution in [0.1, 0.15) is 46.5 Å². The quantitative estimate of drug-likeness (QED) is 0.556. The molecule has 0 aromatic rings. The SMILES string of the molecule is CCC1C2CCC23CC(C)C13C. The topological polar surface area (TPSA) is 0 Å². The maximum absolute atomic E-state index is 2.57. The average Bonchev–Trinajstić information content (AvgIpc) is 2.05. The van der Waals surface area contributed by atoms with Gasteiger partial charge in [0.15, 0.2) is 0 Å². The second-order valence-corrected chi connectivity index (χ2v) is 5.70. The third-order valence-electron chi connectivity index (χ3n) is 6.07. The molecule has 0 nitrogen and oxygen atoms in total. The Bertz CT molecular complexity index is 232. The van der Waals surface area contributed by atoms with E-state index in [4.69, 9.17) is 0 Å². The molecule has 3 rings (SSSR count). The van der Waals surface area contributed by atoms with Gasteiger partial charge in [0.1, 0.15) is 0 Å². The van der Waals surface area contributed by atoms with Gasteiger partial charge in [-0.2, -0.15) is 0 Å². The van der Waals surface area contributed by atoms with Crippen LogP contribution in [0.15, 0.2) is 0 Å². The summed E-state index contributed by atoms with van der Waals surface area (Å²) in [5, 5.41) is 0. The van der Waals surface area contributed by atoms with Crippen molar-refractivity contribution < 1.29 is 0 Å². The molecule has 5 unspecified atom stereocenters. The van der Waals surface area contributed by atoms with Gasteiger partial charge in [-0.25, -0.2) is 0 Å². The van der Waals surface area contributed by atoms with E-state index in [0.717, 1.165) is 28.6 Å². The summed E-state index contributed by atoms with van der Waals surface area (Å²) in [5.41, 5.74) is 1.66. The molecule has 68 valence electrons. The molecule has 3 fully saturated rings. The smallest absolute Gasteiger partial charge is 0.0204 e. The van der Waals surface area contributed by atoms with Crippen molar-refractivity contribution in [2.45, 2.75) is 46.5 Å². The molecule has 0 aromatic carbocycles. The Kier molecular flexibility index (Phi) is 1.09. The summed E-state index contributed by atoms with van der Waals surface area (Å²) in [4.78, 5) is 0. The fourth-order valence-corrected chi connectivity index (χ4v) is 5.27. The van der Waals surface area contributed by atoms with Crippen LogP contribution in [0.2, 0.25) is 0 Å². The lowest BCUT2D eigenvalue weighted by molar-refractivity contribution is -0.364. The number of hydrogen-bond donors (Lipinski definition) is 0. The number of hydrogen-bond acceptors (Lipinski definition) is 0. The summed E-state index contributed by atoms with van der Waals surface area (Å²) in [6.07, 6.45) is 6.12. The first-order valence-electron chi connectivity index (χ1n) is 5.67. The molecule has 0 bridgehead atoms. The fraction of sp³-hybridized carbons (Fsp3) is 1.00. The second kappa shape index (κ2) is 1.76. The largest absolute Gasteiger partial charge is 0.0651 e. The fourth-order valence-electron chi connectivity index (χ4n) is 5.27. The van der Waals surface area contributed by atoms with Crippen LogP contribution in [0.4, 0.5) is 0 Å². The Morgan fingerprint density at radius 1 is 1.42 bits per heavy atom. The van der Waals surface area contributed by atoms with Crippen molar-refractivity contribution in [3.63, 3.8) is 0 Å². The van der Waals surface area contributed by atoms with Crippen molar-refractivity contribution in [2.24, 2.45) is 28.6 Å². The van der Waals surface area contributed by atoms with Crippen LogP contribution < -0.4 is 0 Å². The Hall–Kier alpha value is 0. The molecule has 0 aliphatic heterocycles. The zero-order valence-corrected chi connectivity index (χ0v) is 8.56. The van der Waals surface area contributed by atoms with E-state index in [9.17, 15) is 0 Å². The van der Waals surface area contributed by atoms with Crippen molar-refractivity contribution in [3.05, 3.63) is 0 Å². The Balaban J connectivity index is 1.93. The third kappa shape index (κ3) is 0.418. The third-order valence-corrected chi connectivity index (χ3v) is 6.07. The maximum atomic E-state index is 2.57. The van der Waals surface area contributed by atoms with Gasteiger partial charge in [-0.3, -0.25) is 0 Å². The van der Waals surface area contributed by atoms with E-state index in [-0.39, 0.29) is 0 Å². The molecule has 0 saturated heterocycles. The van der Waals surface area contributed by atoms with Crippen LogP contribution in [0, 0.1) is 28.6 Å². The summed E-state index contributed by atoms with van der Waals surface area (Å²) < 4.78 is 0. The highest BCUT2D eigenvalue weighted by atomic mass is 14.8. The molecule has 5 atom stereocenters. The van der Waals surface area contributed by atoms with Gasteiger partial charge in [0.2, 0.25) is 0 Å². The van der Waals surface area contributed by atoms with Gasteiger partial charge in [-0.15, -0.1) is 0 Å². The molecule has 1 spiro atoms. The highest BCUT2D eigenvalue weighted by Crippen LogP contribution is 2.86. The minimum absolute atomic E-state index is 0.782. The highest BCUT2D eigenvalue weighted by Gasteiger charge is 2.79. The first-order chi connectivity index (χ1) is 5.67. The van der Waals surface area contributed by atoms with E-state index < -0.39 is 0 Å².